The Labute approximate surface area is 159 Å². The molecule has 0 spiro atoms. The minimum Gasteiger partial charge on any atom is -0.298 e. The van der Waals surface area contributed by atoms with Crippen molar-refractivity contribution in [3.8, 4) is 22.3 Å². The first-order valence-electron chi connectivity index (χ1n) is 9.55. The maximum absolute atomic E-state index is 12.2. The third kappa shape index (κ3) is 3.23. The lowest BCUT2D eigenvalue weighted by Crippen LogP contribution is -2.06. The first-order chi connectivity index (χ1) is 13.3. The summed E-state index contributed by atoms with van der Waals surface area (Å²) in [6.07, 6.45) is 6.26. The highest BCUT2D eigenvalue weighted by Gasteiger charge is 2.25. The maximum atomic E-state index is 12.2. The molecular formula is C25H22O2. The zero-order chi connectivity index (χ0) is 18.6. The van der Waals surface area contributed by atoms with Crippen LogP contribution in [0, 0.1) is 0 Å². The van der Waals surface area contributed by atoms with Crippen molar-refractivity contribution in [2.75, 3.05) is 0 Å². The van der Waals surface area contributed by atoms with Gasteiger partial charge in [-0.1, -0.05) is 73.5 Å². The second-order valence-corrected chi connectivity index (χ2v) is 7.16. The van der Waals surface area contributed by atoms with Crippen LogP contribution in [0.5, 0.6) is 0 Å². The molecule has 1 saturated carbocycles. The van der Waals surface area contributed by atoms with Gasteiger partial charge in [-0.15, -0.1) is 0 Å². The standard InChI is InChI=1S/C25H22O2/c26-16-23-21(18-11-7-8-12-18)15-22(19-9-3-1-4-10-19)25(24(23)17-27)20-13-5-2-6-14-20/h1-6,9-10,13-18H,7-8,11-12H2. The maximum Gasteiger partial charge on any atom is 0.151 e. The number of aldehydes is 2. The monoisotopic (exact) mass is 354 g/mol. The summed E-state index contributed by atoms with van der Waals surface area (Å²) in [7, 11) is 0. The van der Waals surface area contributed by atoms with Crippen molar-refractivity contribution >= 4 is 12.6 Å². The van der Waals surface area contributed by atoms with Crippen molar-refractivity contribution in [3.63, 3.8) is 0 Å². The molecule has 0 aliphatic heterocycles. The average Bonchev–Trinajstić information content (AvgIpc) is 3.28. The van der Waals surface area contributed by atoms with Gasteiger partial charge in [-0.2, -0.15) is 0 Å². The number of rotatable bonds is 5. The molecule has 1 aliphatic rings. The molecular weight excluding hydrogens is 332 g/mol. The van der Waals surface area contributed by atoms with E-state index in [2.05, 4.69) is 18.2 Å². The van der Waals surface area contributed by atoms with Crippen LogP contribution in [-0.2, 0) is 0 Å². The van der Waals surface area contributed by atoms with Gasteiger partial charge >= 0.3 is 0 Å². The van der Waals surface area contributed by atoms with Crippen molar-refractivity contribution in [2.45, 2.75) is 31.6 Å². The van der Waals surface area contributed by atoms with Crippen molar-refractivity contribution in [3.05, 3.63) is 83.4 Å². The summed E-state index contributed by atoms with van der Waals surface area (Å²) in [5.74, 6) is 0.358. The summed E-state index contributed by atoms with van der Waals surface area (Å²) in [5, 5.41) is 0. The predicted molar refractivity (Wildman–Crippen MR) is 109 cm³/mol. The second kappa shape index (κ2) is 7.71. The molecule has 2 heteroatoms. The molecule has 1 fully saturated rings. The first-order valence-corrected chi connectivity index (χ1v) is 9.55. The van der Waals surface area contributed by atoms with Gasteiger partial charge in [0.25, 0.3) is 0 Å². The van der Waals surface area contributed by atoms with Gasteiger partial charge in [0.15, 0.2) is 12.6 Å². The molecule has 2 nitrogen and oxygen atoms in total. The van der Waals surface area contributed by atoms with Crippen LogP contribution in [0.15, 0.2) is 66.7 Å². The van der Waals surface area contributed by atoms with E-state index in [4.69, 9.17) is 0 Å². The van der Waals surface area contributed by atoms with E-state index in [9.17, 15) is 9.59 Å². The highest BCUT2D eigenvalue weighted by Crippen LogP contribution is 2.43. The van der Waals surface area contributed by atoms with Crippen molar-refractivity contribution in [1.82, 2.24) is 0 Å². The molecule has 0 amide bonds. The lowest BCUT2D eigenvalue weighted by Gasteiger charge is -2.21. The normalized spacial score (nSPS) is 14.2. The fraction of sp³-hybridized carbons (Fsp3) is 0.200. The van der Waals surface area contributed by atoms with Crippen LogP contribution in [0.25, 0.3) is 22.3 Å². The number of carbonyl (C=O) groups excluding carboxylic acids is 2. The Balaban J connectivity index is 2.06. The molecule has 3 aromatic carbocycles. The van der Waals surface area contributed by atoms with E-state index in [0.29, 0.717) is 17.0 Å². The van der Waals surface area contributed by atoms with E-state index in [1.807, 2.05) is 48.5 Å². The molecule has 0 saturated heterocycles. The largest absolute Gasteiger partial charge is 0.298 e. The van der Waals surface area contributed by atoms with E-state index in [-0.39, 0.29) is 0 Å². The Kier molecular flexibility index (Phi) is 4.97. The molecule has 134 valence electrons. The molecule has 0 heterocycles. The van der Waals surface area contributed by atoms with Crippen molar-refractivity contribution in [1.29, 1.82) is 0 Å². The van der Waals surface area contributed by atoms with E-state index < -0.39 is 0 Å². The van der Waals surface area contributed by atoms with E-state index in [0.717, 1.165) is 53.2 Å². The first kappa shape index (κ1) is 17.4. The lowest BCUT2D eigenvalue weighted by atomic mass is 9.82. The fourth-order valence-corrected chi connectivity index (χ4v) is 4.33. The number of hydrogen-bond acceptors (Lipinski definition) is 2. The Morgan fingerprint density at radius 3 is 1.81 bits per heavy atom. The zero-order valence-electron chi connectivity index (χ0n) is 15.2. The van der Waals surface area contributed by atoms with Gasteiger partial charge in [-0.05, 0) is 47.1 Å². The Morgan fingerprint density at radius 2 is 1.26 bits per heavy atom. The summed E-state index contributed by atoms with van der Waals surface area (Å²) < 4.78 is 0. The van der Waals surface area contributed by atoms with Gasteiger partial charge in [0.2, 0.25) is 0 Å². The predicted octanol–water partition coefficient (Wildman–Crippen LogP) is 6.30. The molecule has 3 aromatic rings. The summed E-state index contributed by atoms with van der Waals surface area (Å²) in [6.45, 7) is 0. The van der Waals surface area contributed by atoms with Crippen molar-refractivity contribution in [2.24, 2.45) is 0 Å². The number of benzene rings is 3. The van der Waals surface area contributed by atoms with E-state index in [1.165, 1.54) is 12.8 Å². The van der Waals surface area contributed by atoms with Gasteiger partial charge in [0.1, 0.15) is 0 Å². The summed E-state index contributed by atoms with van der Waals surface area (Å²) >= 11 is 0. The summed E-state index contributed by atoms with van der Waals surface area (Å²) in [6, 6.07) is 22.2. The van der Waals surface area contributed by atoms with Crippen LogP contribution < -0.4 is 0 Å². The quantitative estimate of drug-likeness (QED) is 0.504. The van der Waals surface area contributed by atoms with Gasteiger partial charge in [0.05, 0.1) is 0 Å². The molecule has 0 atom stereocenters. The second-order valence-electron chi connectivity index (χ2n) is 7.16. The summed E-state index contributed by atoms with van der Waals surface area (Å²) in [4.78, 5) is 24.2. The van der Waals surface area contributed by atoms with Gasteiger partial charge in [0, 0.05) is 16.7 Å². The molecule has 0 N–H and O–H groups in total. The fourth-order valence-electron chi connectivity index (χ4n) is 4.33. The molecule has 0 unspecified atom stereocenters. The minimum absolute atomic E-state index is 0.358. The Morgan fingerprint density at radius 1 is 0.704 bits per heavy atom. The summed E-state index contributed by atoms with van der Waals surface area (Å²) in [5.41, 5.74) is 6.01. The van der Waals surface area contributed by atoms with Gasteiger partial charge in [-0.3, -0.25) is 9.59 Å². The SMILES string of the molecule is O=Cc1c(C2CCCC2)cc(-c2ccccc2)c(-c2ccccc2)c1C=O. The molecule has 0 aromatic heterocycles. The number of hydrogen-bond donors (Lipinski definition) is 0. The van der Waals surface area contributed by atoms with Crippen LogP contribution in [0.4, 0.5) is 0 Å². The Bertz CT molecular complexity index is 953. The molecule has 27 heavy (non-hydrogen) atoms. The highest BCUT2D eigenvalue weighted by atomic mass is 16.1. The Hall–Kier alpha value is -3.00. The third-order valence-electron chi connectivity index (χ3n) is 5.62. The molecule has 0 bridgehead atoms. The smallest absolute Gasteiger partial charge is 0.151 e. The van der Waals surface area contributed by atoms with Crippen molar-refractivity contribution < 1.29 is 9.59 Å². The van der Waals surface area contributed by atoms with Crippen LogP contribution in [0.1, 0.15) is 57.9 Å². The average molecular weight is 354 g/mol. The third-order valence-corrected chi connectivity index (χ3v) is 5.62. The van der Waals surface area contributed by atoms with Crippen LogP contribution in [0.3, 0.4) is 0 Å². The molecule has 0 radical (unpaired) electrons. The molecule has 1 aliphatic carbocycles. The highest BCUT2D eigenvalue weighted by molar-refractivity contribution is 6.03. The van der Waals surface area contributed by atoms with Crippen LogP contribution in [0.2, 0.25) is 0 Å². The van der Waals surface area contributed by atoms with E-state index in [1.54, 1.807) is 0 Å². The minimum atomic E-state index is 0.358. The zero-order valence-corrected chi connectivity index (χ0v) is 15.2. The van der Waals surface area contributed by atoms with Gasteiger partial charge < -0.3 is 0 Å². The van der Waals surface area contributed by atoms with Gasteiger partial charge in [-0.25, -0.2) is 0 Å². The topological polar surface area (TPSA) is 34.1 Å². The van der Waals surface area contributed by atoms with E-state index >= 15 is 0 Å². The van der Waals surface area contributed by atoms with Crippen LogP contribution >= 0.6 is 0 Å². The lowest BCUT2D eigenvalue weighted by molar-refractivity contribution is 0.109. The van der Waals surface area contributed by atoms with Crippen LogP contribution in [-0.4, -0.2) is 12.6 Å². The molecule has 4 rings (SSSR count). The number of carbonyl (C=O) groups is 2.